The molecule has 0 aliphatic rings. The van der Waals surface area contributed by atoms with Gasteiger partial charge in [0, 0.05) is 12.0 Å². The molecular formula is C16H11N4O4-. The normalized spacial score (nSPS) is 12.2. The number of nitriles is 2. The molecule has 120 valence electrons. The largest absolute Gasteiger partial charge is 0.549 e. The number of rotatable bonds is 5. The second kappa shape index (κ2) is 7.07. The quantitative estimate of drug-likeness (QED) is 0.790. The van der Waals surface area contributed by atoms with Crippen molar-refractivity contribution in [2.75, 3.05) is 0 Å². The van der Waals surface area contributed by atoms with Crippen LogP contribution in [0.1, 0.15) is 42.1 Å². The lowest BCUT2D eigenvalue weighted by molar-refractivity contribution is -0.308. The molecule has 0 aromatic carbocycles. The highest BCUT2D eigenvalue weighted by Gasteiger charge is 2.21. The Bertz CT molecular complexity index is 926. The molecule has 1 atom stereocenters. The van der Waals surface area contributed by atoms with Crippen molar-refractivity contribution >= 4 is 17.6 Å². The number of nitrogens with one attached hydrogen (secondary N) is 1. The minimum atomic E-state index is -1.45. The van der Waals surface area contributed by atoms with Crippen molar-refractivity contribution in [3.63, 3.8) is 0 Å². The van der Waals surface area contributed by atoms with Crippen LogP contribution >= 0.6 is 0 Å². The van der Waals surface area contributed by atoms with Crippen LogP contribution < -0.4 is 10.7 Å². The monoisotopic (exact) mass is 323 g/mol. The van der Waals surface area contributed by atoms with Crippen LogP contribution in [0.5, 0.6) is 0 Å². The first-order chi connectivity index (χ1) is 11.5. The molecule has 0 fully saturated rings. The molecule has 2 aromatic heterocycles. The molecule has 0 aliphatic carbocycles. The van der Waals surface area contributed by atoms with Crippen molar-refractivity contribution in [2.24, 2.45) is 0 Å². The van der Waals surface area contributed by atoms with Crippen molar-refractivity contribution in [3.05, 3.63) is 51.6 Å². The van der Waals surface area contributed by atoms with E-state index in [1.54, 1.807) is 25.1 Å². The highest BCUT2D eigenvalue weighted by atomic mass is 16.4. The highest BCUT2D eigenvalue weighted by Crippen LogP contribution is 2.21. The van der Waals surface area contributed by atoms with Gasteiger partial charge in [0.15, 0.2) is 5.82 Å². The molecule has 0 spiro atoms. The summed E-state index contributed by atoms with van der Waals surface area (Å²) < 4.78 is 5.10. The van der Waals surface area contributed by atoms with E-state index in [0.29, 0.717) is 5.76 Å². The lowest BCUT2D eigenvalue weighted by Gasteiger charge is -2.16. The Morgan fingerprint density at radius 3 is 2.79 bits per heavy atom. The molecule has 0 saturated heterocycles. The van der Waals surface area contributed by atoms with E-state index in [2.05, 4.69) is 9.97 Å². The number of hydrogen-bond acceptors (Lipinski definition) is 7. The first-order valence-corrected chi connectivity index (χ1v) is 6.92. The van der Waals surface area contributed by atoms with E-state index in [1.807, 2.05) is 6.07 Å². The van der Waals surface area contributed by atoms with Crippen molar-refractivity contribution in [3.8, 4) is 12.1 Å². The molecule has 8 heteroatoms. The van der Waals surface area contributed by atoms with Gasteiger partial charge in [-0.3, -0.25) is 4.79 Å². The zero-order valence-electron chi connectivity index (χ0n) is 12.6. The molecule has 2 rings (SSSR count). The average molecular weight is 323 g/mol. The number of hydrogen-bond donors (Lipinski definition) is 1. The number of carbonyl (C=O) groups excluding carboxylic acids is 1. The van der Waals surface area contributed by atoms with Crippen LogP contribution in [-0.2, 0) is 4.79 Å². The third-order valence-electron chi connectivity index (χ3n) is 3.29. The van der Waals surface area contributed by atoms with E-state index in [9.17, 15) is 20.0 Å². The van der Waals surface area contributed by atoms with Gasteiger partial charge in [-0.15, -0.1) is 0 Å². The van der Waals surface area contributed by atoms with E-state index >= 15 is 0 Å². The third kappa shape index (κ3) is 3.23. The van der Waals surface area contributed by atoms with E-state index in [1.165, 1.54) is 12.3 Å². The topological polar surface area (TPSA) is 147 Å². The summed E-state index contributed by atoms with van der Waals surface area (Å²) in [7, 11) is 0. The fourth-order valence-corrected chi connectivity index (χ4v) is 2.12. The SMILES string of the molecule is CCC(C(=O)[O-])c1nc(C(C#N)=Cc2ccco2)[nH]c(=O)c1C#N. The molecule has 0 bridgehead atoms. The fourth-order valence-electron chi connectivity index (χ4n) is 2.12. The first kappa shape index (κ1) is 16.7. The van der Waals surface area contributed by atoms with Crippen molar-refractivity contribution in [1.29, 1.82) is 10.5 Å². The molecule has 2 heterocycles. The number of H-pyrrole nitrogens is 1. The zero-order chi connectivity index (χ0) is 17.7. The summed E-state index contributed by atoms with van der Waals surface area (Å²) in [4.78, 5) is 29.6. The Labute approximate surface area is 136 Å². The van der Waals surface area contributed by atoms with Gasteiger partial charge in [-0.25, -0.2) is 4.98 Å². The highest BCUT2D eigenvalue weighted by molar-refractivity contribution is 5.86. The Kier molecular flexibility index (Phi) is 4.93. The standard InChI is InChI=1S/C16H12N4O4/c1-2-11(16(22)23)13-12(8-18)15(21)20-14(19-13)9(7-17)6-10-4-3-5-24-10/h3-6,11H,2H2,1H3,(H,22,23)(H,19,20,21)/p-1. The molecule has 0 radical (unpaired) electrons. The maximum absolute atomic E-state index is 12.1. The van der Waals surface area contributed by atoms with Crippen LogP contribution in [0.4, 0.5) is 0 Å². The Morgan fingerprint density at radius 1 is 1.54 bits per heavy atom. The number of aromatic amines is 1. The Morgan fingerprint density at radius 2 is 2.29 bits per heavy atom. The summed E-state index contributed by atoms with van der Waals surface area (Å²) in [5.74, 6) is -2.48. The number of nitrogens with zero attached hydrogens (tertiary/aromatic N) is 3. The lowest BCUT2D eigenvalue weighted by Crippen LogP contribution is -2.32. The Hall–Kier alpha value is -3.65. The second-order valence-electron chi connectivity index (χ2n) is 4.75. The van der Waals surface area contributed by atoms with Crippen LogP contribution in [0.25, 0.3) is 11.6 Å². The molecule has 0 saturated carbocycles. The molecule has 0 aliphatic heterocycles. The molecule has 24 heavy (non-hydrogen) atoms. The number of aliphatic carboxylic acids is 1. The van der Waals surface area contributed by atoms with E-state index in [-0.39, 0.29) is 23.5 Å². The minimum absolute atomic E-state index is 0.0407. The number of allylic oxidation sites excluding steroid dienone is 1. The number of carboxylic acid groups (broad SMARTS) is 1. The molecule has 8 nitrogen and oxygen atoms in total. The van der Waals surface area contributed by atoms with Gasteiger partial charge in [0.2, 0.25) is 0 Å². The van der Waals surface area contributed by atoms with E-state index in [0.717, 1.165) is 0 Å². The summed E-state index contributed by atoms with van der Waals surface area (Å²) in [6, 6.07) is 6.71. The molecule has 2 aromatic rings. The van der Waals surface area contributed by atoms with Crippen LogP contribution in [-0.4, -0.2) is 15.9 Å². The van der Waals surface area contributed by atoms with Gasteiger partial charge < -0.3 is 19.3 Å². The van der Waals surface area contributed by atoms with Gasteiger partial charge >= 0.3 is 0 Å². The summed E-state index contributed by atoms with van der Waals surface area (Å²) in [5, 5.41) is 29.6. The van der Waals surface area contributed by atoms with Gasteiger partial charge in [0.05, 0.1) is 23.5 Å². The maximum atomic E-state index is 12.1. The van der Waals surface area contributed by atoms with Crippen molar-refractivity contribution in [2.45, 2.75) is 19.3 Å². The van der Waals surface area contributed by atoms with Crippen LogP contribution in [0.2, 0.25) is 0 Å². The predicted octanol–water partition coefficient (Wildman–Crippen LogP) is 0.542. The average Bonchev–Trinajstić information content (AvgIpc) is 3.05. The summed E-state index contributed by atoms with van der Waals surface area (Å²) >= 11 is 0. The smallest absolute Gasteiger partial charge is 0.269 e. The van der Waals surface area contributed by atoms with Gasteiger partial charge in [0.25, 0.3) is 5.56 Å². The number of carboxylic acids is 1. The number of furan rings is 1. The molecule has 1 unspecified atom stereocenters. The lowest BCUT2D eigenvalue weighted by atomic mass is 9.98. The van der Waals surface area contributed by atoms with Gasteiger partial charge in [0.1, 0.15) is 23.5 Å². The maximum Gasteiger partial charge on any atom is 0.269 e. The molecule has 0 amide bonds. The van der Waals surface area contributed by atoms with Crippen LogP contribution in [0.3, 0.4) is 0 Å². The first-order valence-electron chi connectivity index (χ1n) is 6.92. The van der Waals surface area contributed by atoms with Crippen LogP contribution in [0, 0.1) is 22.7 Å². The van der Waals surface area contributed by atoms with Crippen molar-refractivity contribution in [1.82, 2.24) is 9.97 Å². The van der Waals surface area contributed by atoms with Gasteiger partial charge in [-0.2, -0.15) is 10.5 Å². The van der Waals surface area contributed by atoms with E-state index < -0.39 is 23.0 Å². The predicted molar refractivity (Wildman–Crippen MR) is 79.8 cm³/mol. The second-order valence-corrected chi connectivity index (χ2v) is 4.75. The number of carbonyl (C=O) groups is 1. The fraction of sp³-hybridized carbons (Fsp3) is 0.188. The van der Waals surface area contributed by atoms with Gasteiger partial charge in [-0.05, 0) is 18.6 Å². The third-order valence-corrected chi connectivity index (χ3v) is 3.29. The van der Waals surface area contributed by atoms with Gasteiger partial charge in [-0.1, -0.05) is 6.92 Å². The van der Waals surface area contributed by atoms with Crippen molar-refractivity contribution < 1.29 is 14.3 Å². The number of aromatic nitrogens is 2. The van der Waals surface area contributed by atoms with E-state index in [4.69, 9.17) is 9.68 Å². The molecule has 1 N–H and O–H groups in total. The zero-order valence-corrected chi connectivity index (χ0v) is 12.6. The van der Waals surface area contributed by atoms with Crippen LogP contribution in [0.15, 0.2) is 27.6 Å². The molecular weight excluding hydrogens is 312 g/mol. The summed E-state index contributed by atoms with van der Waals surface area (Å²) in [6.45, 7) is 1.56. The summed E-state index contributed by atoms with van der Waals surface area (Å²) in [6.07, 6.45) is 2.83. The summed E-state index contributed by atoms with van der Waals surface area (Å²) in [5.41, 5.74) is -1.50. The Balaban J connectivity index is 2.67. The minimum Gasteiger partial charge on any atom is -0.549 e.